The van der Waals surface area contributed by atoms with Crippen molar-refractivity contribution < 1.29 is 13.2 Å². The molecule has 6 heteroatoms. The first-order valence-electron chi connectivity index (χ1n) is 9.94. The van der Waals surface area contributed by atoms with Crippen LogP contribution in [0.15, 0.2) is 71.6 Å². The SMILES string of the molecule is Cc1ccc(C(=O)N2CCCc3cc(S(=O)(=O)Nc4cccc(C)c4)ccc32)cc1. The van der Waals surface area contributed by atoms with Crippen molar-refractivity contribution in [3.63, 3.8) is 0 Å². The minimum absolute atomic E-state index is 0.0653. The van der Waals surface area contributed by atoms with E-state index < -0.39 is 10.0 Å². The zero-order valence-corrected chi connectivity index (χ0v) is 17.9. The van der Waals surface area contributed by atoms with Gasteiger partial charge in [-0.15, -0.1) is 0 Å². The van der Waals surface area contributed by atoms with Gasteiger partial charge in [0.05, 0.1) is 4.90 Å². The van der Waals surface area contributed by atoms with Gasteiger partial charge in [-0.05, 0) is 80.3 Å². The molecule has 154 valence electrons. The summed E-state index contributed by atoms with van der Waals surface area (Å²) >= 11 is 0. The summed E-state index contributed by atoms with van der Waals surface area (Å²) in [4.78, 5) is 15.0. The van der Waals surface area contributed by atoms with Gasteiger partial charge in [0, 0.05) is 23.5 Å². The largest absolute Gasteiger partial charge is 0.308 e. The predicted octanol–water partition coefficient (Wildman–Crippen LogP) is 4.70. The van der Waals surface area contributed by atoms with E-state index in [1.165, 1.54) is 0 Å². The number of benzene rings is 3. The van der Waals surface area contributed by atoms with Crippen molar-refractivity contribution in [3.8, 4) is 0 Å². The minimum Gasteiger partial charge on any atom is -0.308 e. The number of nitrogens with zero attached hydrogens (tertiary/aromatic N) is 1. The van der Waals surface area contributed by atoms with E-state index in [0.717, 1.165) is 35.2 Å². The van der Waals surface area contributed by atoms with Crippen LogP contribution in [0, 0.1) is 13.8 Å². The van der Waals surface area contributed by atoms with Gasteiger partial charge < -0.3 is 4.90 Å². The number of aryl methyl sites for hydroxylation is 3. The van der Waals surface area contributed by atoms with Gasteiger partial charge in [0.1, 0.15) is 0 Å². The molecule has 1 heterocycles. The second-order valence-electron chi connectivity index (χ2n) is 7.69. The zero-order chi connectivity index (χ0) is 21.3. The third-order valence-corrected chi connectivity index (χ3v) is 6.67. The van der Waals surface area contributed by atoms with Gasteiger partial charge in [-0.25, -0.2) is 8.42 Å². The highest BCUT2D eigenvalue weighted by Gasteiger charge is 2.25. The van der Waals surface area contributed by atoms with Crippen molar-refractivity contribution in [1.82, 2.24) is 0 Å². The van der Waals surface area contributed by atoms with Crippen molar-refractivity contribution >= 4 is 27.3 Å². The van der Waals surface area contributed by atoms with Crippen LogP contribution in [0.3, 0.4) is 0 Å². The Kier molecular flexibility index (Phi) is 5.35. The van der Waals surface area contributed by atoms with E-state index in [-0.39, 0.29) is 10.8 Å². The van der Waals surface area contributed by atoms with Crippen LogP contribution in [0.25, 0.3) is 0 Å². The van der Waals surface area contributed by atoms with E-state index in [4.69, 9.17) is 0 Å². The number of hydrogen-bond acceptors (Lipinski definition) is 3. The number of carbonyl (C=O) groups excluding carboxylic acids is 1. The van der Waals surface area contributed by atoms with Crippen LogP contribution in [0.1, 0.15) is 33.5 Å². The van der Waals surface area contributed by atoms with Crippen LogP contribution in [0.5, 0.6) is 0 Å². The number of sulfonamides is 1. The summed E-state index contributed by atoms with van der Waals surface area (Å²) in [5, 5.41) is 0. The molecule has 4 rings (SSSR count). The molecule has 5 nitrogen and oxygen atoms in total. The van der Waals surface area contributed by atoms with E-state index in [1.54, 1.807) is 35.2 Å². The third-order valence-electron chi connectivity index (χ3n) is 5.29. The Morgan fingerprint density at radius 3 is 2.43 bits per heavy atom. The summed E-state index contributed by atoms with van der Waals surface area (Å²) in [6.07, 6.45) is 1.53. The van der Waals surface area contributed by atoms with Gasteiger partial charge >= 0.3 is 0 Å². The number of rotatable bonds is 4. The topological polar surface area (TPSA) is 66.5 Å². The van der Waals surface area contributed by atoms with Crippen LogP contribution >= 0.6 is 0 Å². The number of amides is 1. The quantitative estimate of drug-likeness (QED) is 0.665. The van der Waals surface area contributed by atoms with Gasteiger partial charge in [-0.1, -0.05) is 29.8 Å². The summed E-state index contributed by atoms with van der Waals surface area (Å²) in [5.41, 5.74) is 4.89. The van der Waals surface area contributed by atoms with Crippen LogP contribution < -0.4 is 9.62 Å². The Hall–Kier alpha value is -3.12. The summed E-state index contributed by atoms with van der Waals surface area (Å²) in [6, 6.07) is 19.7. The molecule has 0 spiro atoms. The van der Waals surface area contributed by atoms with Gasteiger partial charge in [-0.2, -0.15) is 0 Å². The highest BCUT2D eigenvalue weighted by Crippen LogP contribution is 2.31. The van der Waals surface area contributed by atoms with E-state index in [2.05, 4.69) is 4.72 Å². The molecule has 1 aliphatic rings. The lowest BCUT2D eigenvalue weighted by Gasteiger charge is -2.30. The fraction of sp³-hybridized carbons (Fsp3) is 0.208. The molecule has 3 aromatic rings. The first-order chi connectivity index (χ1) is 14.3. The highest BCUT2D eigenvalue weighted by atomic mass is 32.2. The summed E-state index contributed by atoms with van der Waals surface area (Å²) in [7, 11) is -3.71. The molecule has 0 radical (unpaired) electrons. The standard InChI is InChI=1S/C24H24N2O3S/c1-17-8-10-19(11-9-17)24(27)26-14-4-6-20-16-22(12-13-23(20)26)30(28,29)25-21-7-3-5-18(2)15-21/h3,5,7-13,15-16,25H,4,6,14H2,1-2H3. The predicted molar refractivity (Wildman–Crippen MR) is 120 cm³/mol. The van der Waals surface area contributed by atoms with Gasteiger partial charge in [0.2, 0.25) is 0 Å². The molecular weight excluding hydrogens is 396 g/mol. The monoisotopic (exact) mass is 420 g/mol. The average molecular weight is 421 g/mol. The molecule has 0 saturated heterocycles. The van der Waals surface area contributed by atoms with Crippen molar-refractivity contribution in [3.05, 3.63) is 89.0 Å². The summed E-state index contributed by atoms with van der Waals surface area (Å²) in [5.74, 6) is -0.0653. The number of carbonyl (C=O) groups is 1. The lowest BCUT2D eigenvalue weighted by Crippen LogP contribution is -2.35. The first kappa shape index (κ1) is 20.2. The zero-order valence-electron chi connectivity index (χ0n) is 17.1. The van der Waals surface area contributed by atoms with E-state index >= 15 is 0 Å². The lowest BCUT2D eigenvalue weighted by atomic mass is 10.0. The third kappa shape index (κ3) is 4.09. The Balaban J connectivity index is 1.63. The number of anilines is 2. The normalized spacial score (nSPS) is 13.6. The van der Waals surface area contributed by atoms with Crippen LogP contribution in [0.2, 0.25) is 0 Å². The molecule has 1 amide bonds. The van der Waals surface area contributed by atoms with Crippen molar-refractivity contribution in [2.75, 3.05) is 16.2 Å². The molecule has 30 heavy (non-hydrogen) atoms. The Labute approximate surface area is 177 Å². The van der Waals surface area contributed by atoms with Gasteiger partial charge in [0.25, 0.3) is 15.9 Å². The Morgan fingerprint density at radius 2 is 1.70 bits per heavy atom. The molecule has 0 aromatic heterocycles. The maximum Gasteiger partial charge on any atom is 0.261 e. The van der Waals surface area contributed by atoms with Crippen molar-refractivity contribution in [1.29, 1.82) is 0 Å². The molecule has 0 unspecified atom stereocenters. The number of nitrogens with one attached hydrogen (secondary N) is 1. The summed E-state index contributed by atoms with van der Waals surface area (Å²) < 4.78 is 28.4. The van der Waals surface area contributed by atoms with E-state index in [0.29, 0.717) is 17.8 Å². The van der Waals surface area contributed by atoms with Crippen LogP contribution in [-0.4, -0.2) is 20.9 Å². The molecule has 3 aromatic carbocycles. The molecule has 0 aliphatic carbocycles. The Bertz CT molecular complexity index is 1200. The molecule has 0 saturated carbocycles. The first-order valence-corrected chi connectivity index (χ1v) is 11.4. The second kappa shape index (κ2) is 7.95. The molecule has 1 aliphatic heterocycles. The molecule has 0 fully saturated rings. The molecule has 1 N–H and O–H groups in total. The molecule has 0 bridgehead atoms. The summed E-state index contributed by atoms with van der Waals surface area (Å²) in [6.45, 7) is 4.51. The minimum atomic E-state index is -3.71. The van der Waals surface area contributed by atoms with E-state index in [1.807, 2.05) is 50.2 Å². The second-order valence-corrected chi connectivity index (χ2v) is 9.37. The smallest absolute Gasteiger partial charge is 0.261 e. The van der Waals surface area contributed by atoms with Crippen LogP contribution in [0.4, 0.5) is 11.4 Å². The average Bonchev–Trinajstić information content (AvgIpc) is 2.72. The molecular formula is C24H24N2O3S. The van der Waals surface area contributed by atoms with Crippen molar-refractivity contribution in [2.24, 2.45) is 0 Å². The fourth-order valence-corrected chi connectivity index (χ4v) is 4.83. The highest BCUT2D eigenvalue weighted by molar-refractivity contribution is 7.92. The maximum atomic E-state index is 13.0. The van der Waals surface area contributed by atoms with E-state index in [9.17, 15) is 13.2 Å². The lowest BCUT2D eigenvalue weighted by molar-refractivity contribution is 0.0985. The number of hydrogen-bond donors (Lipinski definition) is 1. The fourth-order valence-electron chi connectivity index (χ4n) is 3.73. The van der Waals surface area contributed by atoms with Gasteiger partial charge in [0.15, 0.2) is 0 Å². The Morgan fingerprint density at radius 1 is 0.933 bits per heavy atom. The van der Waals surface area contributed by atoms with Crippen molar-refractivity contribution in [2.45, 2.75) is 31.6 Å². The molecule has 0 atom stereocenters. The van der Waals surface area contributed by atoms with Gasteiger partial charge in [-0.3, -0.25) is 9.52 Å². The maximum absolute atomic E-state index is 13.0. The van der Waals surface area contributed by atoms with Crippen LogP contribution in [-0.2, 0) is 16.4 Å². The number of fused-ring (bicyclic) bond motifs is 1.